The van der Waals surface area contributed by atoms with Crippen LogP contribution in [0.2, 0.25) is 0 Å². The van der Waals surface area contributed by atoms with Gasteiger partial charge in [-0.2, -0.15) is 4.57 Å². The van der Waals surface area contributed by atoms with Gasteiger partial charge in [0, 0.05) is 12.0 Å². The number of nitrogens with one attached hydrogen (secondary N) is 1. The molecule has 3 heterocycles. The van der Waals surface area contributed by atoms with Gasteiger partial charge in [0.15, 0.2) is 0 Å². The van der Waals surface area contributed by atoms with Gasteiger partial charge in [-0.15, -0.1) is 0 Å². The molecule has 5 nitrogen and oxygen atoms in total. The minimum Gasteiger partial charge on any atom is -0.469 e. The quantitative estimate of drug-likeness (QED) is 0.380. The number of aromatic nitrogens is 2. The van der Waals surface area contributed by atoms with Crippen LogP contribution in [0.1, 0.15) is 21.9 Å². The molecule has 3 rings (SSSR count). The predicted octanol–water partition coefficient (Wildman–Crippen LogP) is 5.35. The predicted molar refractivity (Wildman–Crippen MR) is 134 cm³/mol. The molecule has 0 saturated carbocycles. The highest BCUT2D eigenvalue weighted by Crippen LogP contribution is 2.24. The smallest absolute Gasteiger partial charge is 0.359 e. The van der Waals surface area contributed by atoms with Crippen molar-refractivity contribution in [2.75, 3.05) is 5.32 Å². The second kappa shape index (κ2) is 11.4. The zero-order valence-electron chi connectivity index (χ0n) is 18.6. The van der Waals surface area contributed by atoms with E-state index in [1.807, 2.05) is 48.6 Å². The van der Waals surface area contributed by atoms with Crippen LogP contribution in [0.3, 0.4) is 0 Å². The van der Waals surface area contributed by atoms with E-state index in [4.69, 9.17) is 9.40 Å². The van der Waals surface area contributed by atoms with Crippen molar-refractivity contribution in [3.8, 4) is 0 Å². The van der Waals surface area contributed by atoms with Gasteiger partial charge in [-0.3, -0.25) is 5.32 Å². The normalized spacial score (nSPS) is 16.1. The van der Waals surface area contributed by atoms with Gasteiger partial charge in [0.2, 0.25) is 6.04 Å². The number of furan rings is 1. The lowest BCUT2D eigenvalue weighted by Crippen LogP contribution is -2.44. The fourth-order valence-electron chi connectivity index (χ4n) is 3.54. The molecular weight excluding hydrogens is 410 g/mol. The van der Waals surface area contributed by atoms with Crippen molar-refractivity contribution in [3.05, 3.63) is 134 Å². The maximum Gasteiger partial charge on any atom is 0.359 e. The first-order chi connectivity index (χ1) is 16.1. The Hall–Kier alpha value is -4.25. The van der Waals surface area contributed by atoms with Crippen LogP contribution in [0.4, 0.5) is 5.82 Å². The molecule has 2 aromatic rings. The van der Waals surface area contributed by atoms with Crippen molar-refractivity contribution in [2.24, 2.45) is 0 Å². The summed E-state index contributed by atoms with van der Waals surface area (Å²) in [5.74, 6) is 1.35. The highest BCUT2D eigenvalue weighted by Gasteiger charge is 2.41. The first kappa shape index (κ1) is 23.4. The summed E-state index contributed by atoms with van der Waals surface area (Å²) in [6.45, 7) is 15.1. The summed E-state index contributed by atoms with van der Waals surface area (Å²) in [6, 6.07) is 3.23. The fraction of sp³-hybridized carbons (Fsp3) is 0.107. The molecule has 0 amide bonds. The van der Waals surface area contributed by atoms with Gasteiger partial charge in [-0.05, 0) is 17.7 Å². The van der Waals surface area contributed by atoms with Crippen molar-refractivity contribution >= 4 is 17.3 Å². The fourth-order valence-corrected chi connectivity index (χ4v) is 3.54. The van der Waals surface area contributed by atoms with Crippen molar-refractivity contribution in [2.45, 2.75) is 18.9 Å². The van der Waals surface area contributed by atoms with E-state index in [0.29, 0.717) is 24.4 Å². The Labute approximate surface area is 194 Å². The number of fused-ring (bicyclic) bond motifs is 1. The number of carbonyl (C=O) groups is 1. The zero-order valence-corrected chi connectivity index (χ0v) is 18.6. The van der Waals surface area contributed by atoms with Gasteiger partial charge >= 0.3 is 11.7 Å². The van der Waals surface area contributed by atoms with E-state index in [-0.39, 0.29) is 5.91 Å². The Kier molecular flexibility index (Phi) is 8.08. The number of hydrogen-bond acceptors (Lipinski definition) is 4. The van der Waals surface area contributed by atoms with Gasteiger partial charge < -0.3 is 4.42 Å². The molecule has 1 unspecified atom stereocenters. The number of carbonyl (C=O) groups excluding carboxylic acids is 1. The molecule has 1 aliphatic heterocycles. The monoisotopic (exact) mass is 438 g/mol. The van der Waals surface area contributed by atoms with Gasteiger partial charge in [-0.25, -0.2) is 9.78 Å². The van der Waals surface area contributed by atoms with Crippen LogP contribution in [0.5, 0.6) is 0 Å². The second-order valence-electron chi connectivity index (χ2n) is 7.31. The topological polar surface area (TPSA) is 59.0 Å². The minimum atomic E-state index is -0.446. The van der Waals surface area contributed by atoms with E-state index in [2.05, 4.69) is 31.6 Å². The van der Waals surface area contributed by atoms with E-state index in [0.717, 1.165) is 22.6 Å². The first-order valence-electron chi connectivity index (χ1n) is 10.6. The number of nitrogens with zero attached hydrogens (tertiary/aromatic N) is 2. The molecular formula is C28H28N3O2+. The Morgan fingerprint density at radius 2 is 1.85 bits per heavy atom. The lowest BCUT2D eigenvalue weighted by atomic mass is 10.1. The van der Waals surface area contributed by atoms with Crippen LogP contribution in [0.25, 0.3) is 5.57 Å². The Balaban J connectivity index is 2.10. The summed E-state index contributed by atoms with van der Waals surface area (Å²) in [4.78, 5) is 18.2. The molecule has 0 saturated heterocycles. The molecule has 0 bridgehead atoms. The van der Waals surface area contributed by atoms with Crippen molar-refractivity contribution in [1.29, 1.82) is 0 Å². The molecule has 0 fully saturated rings. The summed E-state index contributed by atoms with van der Waals surface area (Å²) < 4.78 is 7.10. The maximum absolute atomic E-state index is 13.3. The standard InChI is InChI=1S/C28H27N3O2/c1-5-9-14-21(12-7-3)18-24-27-30-25(19-23-16-11-17-33-23)28(32)31(27)20-26(29-24)22(13-8-4)15-10-6-2/h5-17,20,25H,1-4,18-19H2/p+1/b14-9-,15-10-,21-12+,22-13+. The molecule has 0 aliphatic carbocycles. The van der Waals surface area contributed by atoms with Crippen molar-refractivity contribution < 1.29 is 13.8 Å². The SMILES string of the molecule is C=C/C=C\C(=C/C=C)Cc1nc(C(/C=C\C=C)=C/C=C)c[n+]2c1NC(Cc1ccco1)C2=O. The van der Waals surface area contributed by atoms with Gasteiger partial charge in [0.05, 0.1) is 12.7 Å². The number of allylic oxidation sites excluding steroid dienone is 12. The van der Waals surface area contributed by atoms with Crippen LogP contribution in [-0.4, -0.2) is 16.9 Å². The largest absolute Gasteiger partial charge is 0.469 e. The molecule has 5 heteroatoms. The van der Waals surface area contributed by atoms with Crippen LogP contribution in [0.15, 0.2) is 122 Å². The molecule has 1 aliphatic rings. The molecule has 1 N–H and O–H groups in total. The van der Waals surface area contributed by atoms with E-state index in [9.17, 15) is 4.79 Å². The molecule has 0 radical (unpaired) electrons. The molecule has 0 aromatic carbocycles. The molecule has 1 atom stereocenters. The zero-order chi connectivity index (χ0) is 23.6. The van der Waals surface area contributed by atoms with E-state index in [1.165, 1.54) is 0 Å². The number of hydrogen-bond donors (Lipinski definition) is 1. The third-order valence-electron chi connectivity index (χ3n) is 5.01. The average molecular weight is 439 g/mol. The second-order valence-corrected chi connectivity index (χ2v) is 7.31. The first-order valence-corrected chi connectivity index (χ1v) is 10.6. The Morgan fingerprint density at radius 3 is 2.52 bits per heavy atom. The van der Waals surface area contributed by atoms with Crippen LogP contribution < -0.4 is 9.88 Å². The lowest BCUT2D eigenvalue weighted by Gasteiger charge is -2.08. The molecule has 33 heavy (non-hydrogen) atoms. The van der Waals surface area contributed by atoms with Crippen LogP contribution >= 0.6 is 0 Å². The van der Waals surface area contributed by atoms with E-state index in [1.54, 1.807) is 41.3 Å². The van der Waals surface area contributed by atoms with Gasteiger partial charge in [-0.1, -0.05) is 87.1 Å². The van der Waals surface area contributed by atoms with E-state index < -0.39 is 6.04 Å². The Morgan fingerprint density at radius 1 is 1.09 bits per heavy atom. The third kappa shape index (κ3) is 5.71. The summed E-state index contributed by atoms with van der Waals surface area (Å²) in [5.41, 5.74) is 3.20. The molecule has 0 spiro atoms. The van der Waals surface area contributed by atoms with Gasteiger partial charge in [0.1, 0.15) is 23.3 Å². The minimum absolute atomic E-state index is 0.0622. The van der Waals surface area contributed by atoms with Crippen LogP contribution in [-0.2, 0) is 12.8 Å². The summed E-state index contributed by atoms with van der Waals surface area (Å²) in [6.07, 6.45) is 22.4. The van der Waals surface area contributed by atoms with E-state index >= 15 is 0 Å². The highest BCUT2D eigenvalue weighted by atomic mass is 16.3. The lowest BCUT2D eigenvalue weighted by molar-refractivity contribution is -0.553. The van der Waals surface area contributed by atoms with Crippen LogP contribution in [0, 0.1) is 0 Å². The molecule has 2 aromatic heterocycles. The summed E-state index contributed by atoms with van der Waals surface area (Å²) >= 11 is 0. The number of rotatable bonds is 11. The summed E-state index contributed by atoms with van der Waals surface area (Å²) in [7, 11) is 0. The van der Waals surface area contributed by atoms with Crippen molar-refractivity contribution in [1.82, 2.24) is 4.98 Å². The highest BCUT2D eigenvalue weighted by molar-refractivity contribution is 5.83. The number of anilines is 1. The molecule has 166 valence electrons. The van der Waals surface area contributed by atoms with Crippen molar-refractivity contribution in [3.63, 3.8) is 0 Å². The maximum atomic E-state index is 13.3. The third-order valence-corrected chi connectivity index (χ3v) is 5.01. The van der Waals surface area contributed by atoms with Gasteiger partial charge in [0.25, 0.3) is 0 Å². The summed E-state index contributed by atoms with van der Waals surface area (Å²) in [5, 5.41) is 3.36. The Bertz CT molecular complexity index is 1180. The average Bonchev–Trinajstić information content (AvgIpc) is 3.44.